The van der Waals surface area contributed by atoms with Crippen LogP contribution in [0.15, 0.2) is 48.5 Å². The molecule has 2 N–H and O–H groups in total. The van der Waals surface area contributed by atoms with E-state index < -0.39 is 0 Å². The monoisotopic (exact) mass is 348 g/mol. The molecular formula is C18H16N6O2. The molecule has 1 aliphatic heterocycles. The second kappa shape index (κ2) is 6.75. The van der Waals surface area contributed by atoms with Crippen molar-refractivity contribution in [3.8, 4) is 11.4 Å². The van der Waals surface area contributed by atoms with Crippen molar-refractivity contribution in [2.24, 2.45) is 0 Å². The SMILES string of the molecule is O=C(Nc1cccc(-c2nn[nH]n2)c1)c1cccc(N2CCCC2=O)c1. The summed E-state index contributed by atoms with van der Waals surface area (Å²) in [4.78, 5) is 26.2. The van der Waals surface area contributed by atoms with Gasteiger partial charge in [0.1, 0.15) is 0 Å². The van der Waals surface area contributed by atoms with Gasteiger partial charge in [0, 0.05) is 35.5 Å². The maximum Gasteiger partial charge on any atom is 0.255 e. The minimum atomic E-state index is -0.247. The van der Waals surface area contributed by atoms with Gasteiger partial charge in [0.05, 0.1) is 0 Å². The van der Waals surface area contributed by atoms with E-state index in [2.05, 4.69) is 25.9 Å². The quantitative estimate of drug-likeness (QED) is 0.752. The number of carbonyl (C=O) groups excluding carboxylic acids is 2. The first kappa shape index (κ1) is 15.9. The number of benzene rings is 2. The molecule has 0 bridgehead atoms. The first-order chi connectivity index (χ1) is 12.7. The van der Waals surface area contributed by atoms with E-state index in [4.69, 9.17) is 0 Å². The summed E-state index contributed by atoms with van der Waals surface area (Å²) in [6.07, 6.45) is 1.40. The van der Waals surface area contributed by atoms with Crippen LogP contribution in [0.3, 0.4) is 0 Å². The highest BCUT2D eigenvalue weighted by Crippen LogP contribution is 2.23. The molecule has 2 amide bonds. The van der Waals surface area contributed by atoms with Crippen LogP contribution >= 0.6 is 0 Å². The van der Waals surface area contributed by atoms with Crippen LogP contribution in [-0.4, -0.2) is 39.0 Å². The van der Waals surface area contributed by atoms with Crippen LogP contribution in [0.25, 0.3) is 11.4 Å². The number of amides is 2. The molecule has 2 aromatic carbocycles. The summed E-state index contributed by atoms with van der Waals surface area (Å²) in [5.41, 5.74) is 2.61. The molecular weight excluding hydrogens is 332 g/mol. The van der Waals surface area contributed by atoms with Crippen molar-refractivity contribution in [2.45, 2.75) is 12.8 Å². The highest BCUT2D eigenvalue weighted by molar-refractivity contribution is 6.06. The van der Waals surface area contributed by atoms with Gasteiger partial charge in [-0.15, -0.1) is 10.2 Å². The Bertz CT molecular complexity index is 954. The molecule has 26 heavy (non-hydrogen) atoms. The predicted octanol–water partition coefficient (Wildman–Crippen LogP) is 2.25. The van der Waals surface area contributed by atoms with E-state index in [0.717, 1.165) is 17.7 Å². The van der Waals surface area contributed by atoms with E-state index in [1.807, 2.05) is 12.1 Å². The summed E-state index contributed by atoms with van der Waals surface area (Å²) in [5.74, 6) is 0.301. The zero-order valence-electron chi connectivity index (χ0n) is 13.8. The summed E-state index contributed by atoms with van der Waals surface area (Å²) >= 11 is 0. The Kier molecular flexibility index (Phi) is 4.14. The van der Waals surface area contributed by atoms with Gasteiger partial charge in [-0.3, -0.25) is 9.59 Å². The van der Waals surface area contributed by atoms with Crippen molar-refractivity contribution in [1.29, 1.82) is 0 Å². The summed E-state index contributed by atoms with van der Waals surface area (Å²) in [7, 11) is 0. The lowest BCUT2D eigenvalue weighted by Gasteiger charge is -2.16. The topological polar surface area (TPSA) is 104 Å². The minimum absolute atomic E-state index is 0.0929. The normalized spacial score (nSPS) is 13.8. The van der Waals surface area contributed by atoms with E-state index in [1.54, 1.807) is 41.3 Å². The molecule has 0 spiro atoms. The van der Waals surface area contributed by atoms with Crippen molar-refractivity contribution in [3.63, 3.8) is 0 Å². The average molecular weight is 348 g/mol. The van der Waals surface area contributed by atoms with Crippen LogP contribution in [0.5, 0.6) is 0 Å². The predicted molar refractivity (Wildman–Crippen MR) is 95.6 cm³/mol. The fraction of sp³-hybridized carbons (Fsp3) is 0.167. The van der Waals surface area contributed by atoms with Gasteiger partial charge in [0.15, 0.2) is 0 Å². The smallest absolute Gasteiger partial charge is 0.255 e. The second-order valence-corrected chi connectivity index (χ2v) is 5.97. The molecule has 130 valence electrons. The third-order valence-corrected chi connectivity index (χ3v) is 4.22. The second-order valence-electron chi connectivity index (χ2n) is 5.97. The number of tetrazole rings is 1. The Morgan fingerprint density at radius 1 is 1.15 bits per heavy atom. The first-order valence-corrected chi connectivity index (χ1v) is 8.26. The highest BCUT2D eigenvalue weighted by atomic mass is 16.2. The molecule has 0 atom stereocenters. The van der Waals surface area contributed by atoms with Crippen LogP contribution in [0.2, 0.25) is 0 Å². The lowest BCUT2D eigenvalue weighted by Crippen LogP contribution is -2.24. The minimum Gasteiger partial charge on any atom is -0.322 e. The standard InChI is InChI=1S/C18H16N6O2/c25-16-8-3-9-24(16)15-7-2-5-13(11-15)18(26)19-14-6-1-4-12(10-14)17-20-22-23-21-17/h1-2,4-7,10-11H,3,8-9H2,(H,19,26)(H,20,21,22,23). The Morgan fingerprint density at radius 2 is 2.04 bits per heavy atom. The number of rotatable bonds is 4. The zero-order chi connectivity index (χ0) is 17.9. The van der Waals surface area contributed by atoms with Gasteiger partial charge >= 0.3 is 0 Å². The number of anilines is 2. The summed E-state index contributed by atoms with van der Waals surface area (Å²) in [5, 5.41) is 16.7. The molecule has 0 unspecified atom stereocenters. The number of nitrogens with one attached hydrogen (secondary N) is 2. The van der Waals surface area contributed by atoms with E-state index in [1.165, 1.54) is 0 Å². The largest absolute Gasteiger partial charge is 0.322 e. The van der Waals surface area contributed by atoms with Crippen LogP contribution < -0.4 is 10.2 Å². The Hall–Kier alpha value is -3.55. The van der Waals surface area contributed by atoms with Gasteiger partial charge in [-0.1, -0.05) is 18.2 Å². The van der Waals surface area contributed by atoms with Crippen molar-refractivity contribution in [2.75, 3.05) is 16.8 Å². The maximum absolute atomic E-state index is 12.6. The molecule has 1 aliphatic rings. The number of hydrogen-bond acceptors (Lipinski definition) is 5. The van der Waals surface area contributed by atoms with Crippen LogP contribution in [0.4, 0.5) is 11.4 Å². The Balaban J connectivity index is 1.54. The van der Waals surface area contributed by atoms with E-state index >= 15 is 0 Å². The number of aromatic amines is 1. The van der Waals surface area contributed by atoms with Crippen LogP contribution in [0.1, 0.15) is 23.2 Å². The van der Waals surface area contributed by atoms with Crippen molar-refractivity contribution >= 4 is 23.2 Å². The number of H-pyrrole nitrogens is 1. The fourth-order valence-corrected chi connectivity index (χ4v) is 2.96. The van der Waals surface area contributed by atoms with E-state index in [0.29, 0.717) is 30.0 Å². The summed E-state index contributed by atoms with van der Waals surface area (Å²) in [6.45, 7) is 0.691. The average Bonchev–Trinajstić information content (AvgIpc) is 3.34. The molecule has 3 aromatic rings. The Labute approximate surface area is 149 Å². The van der Waals surface area contributed by atoms with Crippen molar-refractivity contribution in [3.05, 3.63) is 54.1 Å². The molecule has 8 heteroatoms. The number of aromatic nitrogens is 4. The molecule has 2 heterocycles. The van der Waals surface area contributed by atoms with Crippen LogP contribution in [-0.2, 0) is 4.79 Å². The molecule has 0 aliphatic carbocycles. The number of carbonyl (C=O) groups is 2. The lowest BCUT2D eigenvalue weighted by atomic mass is 10.1. The van der Waals surface area contributed by atoms with E-state index in [9.17, 15) is 9.59 Å². The van der Waals surface area contributed by atoms with Gasteiger partial charge in [-0.2, -0.15) is 5.21 Å². The fourth-order valence-electron chi connectivity index (χ4n) is 2.96. The highest BCUT2D eigenvalue weighted by Gasteiger charge is 2.22. The Morgan fingerprint density at radius 3 is 2.81 bits per heavy atom. The number of nitrogens with zero attached hydrogens (tertiary/aromatic N) is 4. The molecule has 0 radical (unpaired) electrons. The van der Waals surface area contributed by atoms with Gasteiger partial charge in [-0.25, -0.2) is 0 Å². The van der Waals surface area contributed by atoms with Crippen LogP contribution in [0, 0.1) is 0 Å². The zero-order valence-corrected chi connectivity index (χ0v) is 13.8. The molecule has 1 saturated heterocycles. The third-order valence-electron chi connectivity index (χ3n) is 4.22. The summed E-state index contributed by atoms with van der Waals surface area (Å²) < 4.78 is 0. The third kappa shape index (κ3) is 3.16. The molecule has 8 nitrogen and oxygen atoms in total. The van der Waals surface area contributed by atoms with Gasteiger partial charge in [0.2, 0.25) is 11.7 Å². The molecule has 0 saturated carbocycles. The van der Waals surface area contributed by atoms with Gasteiger partial charge in [-0.05, 0) is 42.0 Å². The number of hydrogen-bond donors (Lipinski definition) is 2. The van der Waals surface area contributed by atoms with Gasteiger partial charge < -0.3 is 10.2 Å². The van der Waals surface area contributed by atoms with Gasteiger partial charge in [0.25, 0.3) is 5.91 Å². The molecule has 1 fully saturated rings. The summed E-state index contributed by atoms with van der Waals surface area (Å²) in [6, 6.07) is 14.3. The first-order valence-electron chi connectivity index (χ1n) is 8.26. The van der Waals surface area contributed by atoms with Crippen molar-refractivity contribution < 1.29 is 9.59 Å². The van der Waals surface area contributed by atoms with E-state index in [-0.39, 0.29) is 11.8 Å². The maximum atomic E-state index is 12.6. The lowest BCUT2D eigenvalue weighted by molar-refractivity contribution is -0.117. The molecule has 4 rings (SSSR count). The van der Waals surface area contributed by atoms with Crippen molar-refractivity contribution in [1.82, 2.24) is 20.6 Å². The molecule has 1 aromatic heterocycles.